The minimum absolute atomic E-state index is 0.0114. The molecule has 11 nitrogen and oxygen atoms in total. The van der Waals surface area contributed by atoms with Crippen molar-refractivity contribution in [2.75, 3.05) is 25.4 Å². The Morgan fingerprint density at radius 3 is 2.16 bits per heavy atom. The number of nitrogens with two attached hydrogens (primary N) is 1. The van der Waals surface area contributed by atoms with E-state index >= 15 is 0 Å². The maximum absolute atomic E-state index is 12.6. The minimum Gasteiger partial charge on any atom is -0.508 e. The van der Waals surface area contributed by atoms with Crippen LogP contribution in [0.3, 0.4) is 0 Å². The Morgan fingerprint density at radius 1 is 0.822 bits per heavy atom. The van der Waals surface area contributed by atoms with Gasteiger partial charge in [0.05, 0.1) is 0 Å². The van der Waals surface area contributed by atoms with E-state index in [1.807, 2.05) is 45.9 Å². The summed E-state index contributed by atoms with van der Waals surface area (Å²) in [7, 11) is 0. The van der Waals surface area contributed by atoms with Gasteiger partial charge in [0.1, 0.15) is 22.9 Å². The number of carbonyl (C=O) groups is 3. The van der Waals surface area contributed by atoms with Crippen LogP contribution in [0.5, 0.6) is 5.75 Å². The number of unbranched alkanes of at least 4 members (excludes halogenated alkanes) is 3. The first-order valence-electron chi connectivity index (χ1n) is 15.5. The molecular weight excluding hydrogens is 572 g/mol. The maximum atomic E-state index is 12.6. The molecule has 11 heteroatoms. The highest BCUT2D eigenvalue weighted by atomic mass is 16.6. The monoisotopic (exact) mass is 618 g/mol. The van der Waals surface area contributed by atoms with E-state index in [4.69, 9.17) is 10.5 Å². The second-order valence-electron chi connectivity index (χ2n) is 11.8. The molecule has 6 N–H and O–H groups in total. The number of ether oxygens (including phenoxy) is 1. The summed E-state index contributed by atoms with van der Waals surface area (Å²) in [4.78, 5) is 45.1. The van der Waals surface area contributed by atoms with Crippen molar-refractivity contribution in [3.8, 4) is 28.0 Å². The number of hydrogen-bond donors (Lipinski definition) is 5. The lowest BCUT2D eigenvalue weighted by Gasteiger charge is -2.19. The van der Waals surface area contributed by atoms with Crippen LogP contribution < -0.4 is 21.7 Å². The third kappa shape index (κ3) is 11.4. The molecule has 3 rings (SSSR count). The van der Waals surface area contributed by atoms with Gasteiger partial charge >= 0.3 is 6.09 Å². The summed E-state index contributed by atoms with van der Waals surface area (Å²) in [6, 6.07) is 10.4. The molecule has 45 heavy (non-hydrogen) atoms. The fourth-order valence-corrected chi connectivity index (χ4v) is 4.79. The van der Waals surface area contributed by atoms with Crippen LogP contribution in [0.1, 0.15) is 82.3 Å². The van der Waals surface area contributed by atoms with Crippen molar-refractivity contribution < 1.29 is 24.2 Å². The number of nitrogens with one attached hydrogen (secondary N) is 3. The molecule has 242 valence electrons. The first-order chi connectivity index (χ1) is 21.5. The summed E-state index contributed by atoms with van der Waals surface area (Å²) in [5, 5.41) is 18.1. The van der Waals surface area contributed by atoms with Gasteiger partial charge in [0, 0.05) is 55.1 Å². The number of nitrogens with zero attached hydrogens (tertiary/aromatic N) is 2. The third-order valence-corrected chi connectivity index (χ3v) is 6.99. The fourth-order valence-electron chi connectivity index (χ4n) is 4.79. The molecule has 0 aliphatic heterocycles. The number of nitrogen functional groups attached to an aromatic ring is 1. The molecule has 2 heterocycles. The molecule has 0 saturated heterocycles. The van der Waals surface area contributed by atoms with Crippen molar-refractivity contribution in [1.82, 2.24) is 25.9 Å². The zero-order chi connectivity index (χ0) is 32.8. The number of anilines is 1. The number of phenols is 1. The largest absolute Gasteiger partial charge is 0.508 e. The van der Waals surface area contributed by atoms with Crippen LogP contribution in [-0.2, 0) is 16.0 Å². The summed E-state index contributed by atoms with van der Waals surface area (Å²) in [5.41, 5.74) is 10.4. The van der Waals surface area contributed by atoms with Crippen LogP contribution in [-0.4, -0.2) is 58.2 Å². The molecule has 3 aromatic rings. The van der Waals surface area contributed by atoms with Gasteiger partial charge < -0.3 is 31.5 Å². The first-order valence-corrected chi connectivity index (χ1v) is 15.5. The number of pyridine rings is 2. The van der Waals surface area contributed by atoms with Gasteiger partial charge in [-0.3, -0.25) is 14.6 Å². The number of carbonyl (C=O) groups excluding carboxylic acids is 3. The number of phenolic OH excluding ortho intramolecular Hbond substituents is 1. The van der Waals surface area contributed by atoms with Gasteiger partial charge in [-0.15, -0.1) is 0 Å². The molecule has 0 aliphatic rings. The Balaban J connectivity index is 1.36. The van der Waals surface area contributed by atoms with Crippen molar-refractivity contribution in [3.63, 3.8) is 0 Å². The highest BCUT2D eigenvalue weighted by molar-refractivity contribution is 5.93. The van der Waals surface area contributed by atoms with Crippen molar-refractivity contribution in [2.24, 2.45) is 0 Å². The average molecular weight is 619 g/mol. The van der Waals surface area contributed by atoms with Gasteiger partial charge in [-0.2, -0.15) is 0 Å². The molecule has 0 radical (unpaired) electrons. The lowest BCUT2D eigenvalue weighted by Crippen LogP contribution is -2.33. The number of aromatic nitrogens is 2. The molecule has 0 spiro atoms. The van der Waals surface area contributed by atoms with Gasteiger partial charge in [-0.25, -0.2) is 9.78 Å². The van der Waals surface area contributed by atoms with E-state index in [1.54, 1.807) is 30.6 Å². The second kappa shape index (κ2) is 17.0. The molecular formula is C34H46N6O5. The number of amides is 3. The van der Waals surface area contributed by atoms with Gasteiger partial charge in [-0.1, -0.05) is 38.0 Å². The first kappa shape index (κ1) is 34.8. The maximum Gasteiger partial charge on any atom is 0.407 e. The Labute approximate surface area is 265 Å². The summed E-state index contributed by atoms with van der Waals surface area (Å²) in [5.74, 6) is 0.281. The molecule has 0 bridgehead atoms. The van der Waals surface area contributed by atoms with Gasteiger partial charge in [0.25, 0.3) is 5.91 Å². The topological polar surface area (TPSA) is 169 Å². The zero-order valence-corrected chi connectivity index (χ0v) is 26.7. The number of alkyl carbamates (subject to hydrolysis) is 1. The van der Waals surface area contributed by atoms with Crippen LogP contribution in [0.15, 0.2) is 48.8 Å². The van der Waals surface area contributed by atoms with Crippen LogP contribution in [0.25, 0.3) is 22.3 Å². The Bertz CT molecular complexity index is 1420. The lowest BCUT2D eigenvalue weighted by atomic mass is 9.92. The number of benzene rings is 1. The van der Waals surface area contributed by atoms with Crippen molar-refractivity contribution in [2.45, 2.75) is 78.2 Å². The summed E-state index contributed by atoms with van der Waals surface area (Å²) >= 11 is 0. The summed E-state index contributed by atoms with van der Waals surface area (Å²) < 4.78 is 5.19. The normalized spacial score (nSPS) is 11.1. The van der Waals surface area contributed by atoms with Gasteiger partial charge in [0.15, 0.2) is 0 Å². The van der Waals surface area contributed by atoms with E-state index in [-0.39, 0.29) is 17.6 Å². The quantitative estimate of drug-likeness (QED) is 0.142. The van der Waals surface area contributed by atoms with E-state index in [0.29, 0.717) is 50.4 Å². The smallest absolute Gasteiger partial charge is 0.407 e. The van der Waals surface area contributed by atoms with Crippen LogP contribution in [0.2, 0.25) is 0 Å². The highest BCUT2D eigenvalue weighted by Crippen LogP contribution is 2.36. The number of aromatic hydroxyl groups is 1. The highest BCUT2D eigenvalue weighted by Gasteiger charge is 2.17. The Hall–Kier alpha value is -4.67. The Kier molecular flexibility index (Phi) is 13.1. The summed E-state index contributed by atoms with van der Waals surface area (Å²) in [6.45, 7) is 8.94. The molecule has 0 aliphatic carbocycles. The molecule has 2 aromatic heterocycles. The predicted molar refractivity (Wildman–Crippen MR) is 176 cm³/mol. The van der Waals surface area contributed by atoms with Crippen LogP contribution in [0.4, 0.5) is 10.6 Å². The predicted octanol–water partition coefficient (Wildman–Crippen LogP) is 5.37. The molecule has 0 unspecified atom stereocenters. The van der Waals surface area contributed by atoms with E-state index in [9.17, 15) is 19.5 Å². The average Bonchev–Trinajstić information content (AvgIpc) is 3.00. The lowest BCUT2D eigenvalue weighted by molar-refractivity contribution is -0.121. The number of rotatable bonds is 15. The van der Waals surface area contributed by atoms with Gasteiger partial charge in [0.2, 0.25) is 5.91 Å². The van der Waals surface area contributed by atoms with Crippen LogP contribution >= 0.6 is 0 Å². The SMILES string of the molecule is CCc1c(-c2ccc(C(=O)NCCCNC(=O)CCCCCCNC(=O)OC(C)(C)C)nc2)cnc(N)c1-c1ccc(O)cc1. The second-order valence-corrected chi connectivity index (χ2v) is 11.8. The zero-order valence-electron chi connectivity index (χ0n) is 26.7. The number of hydrogen-bond acceptors (Lipinski definition) is 8. The minimum atomic E-state index is -0.508. The molecule has 0 saturated carbocycles. The molecule has 3 amide bonds. The molecule has 0 atom stereocenters. The third-order valence-electron chi connectivity index (χ3n) is 6.99. The van der Waals surface area contributed by atoms with E-state index < -0.39 is 11.7 Å². The Morgan fingerprint density at radius 2 is 1.49 bits per heavy atom. The van der Waals surface area contributed by atoms with E-state index in [1.165, 1.54) is 0 Å². The summed E-state index contributed by atoms with van der Waals surface area (Å²) in [6.07, 6.45) is 8.14. The van der Waals surface area contributed by atoms with Crippen molar-refractivity contribution >= 4 is 23.7 Å². The van der Waals surface area contributed by atoms with Crippen LogP contribution in [0, 0.1) is 0 Å². The molecule has 0 fully saturated rings. The van der Waals surface area contributed by atoms with E-state index in [0.717, 1.165) is 53.5 Å². The van der Waals surface area contributed by atoms with Crippen molar-refractivity contribution in [3.05, 3.63) is 60.0 Å². The van der Waals surface area contributed by atoms with E-state index in [2.05, 4.69) is 25.9 Å². The van der Waals surface area contributed by atoms with Gasteiger partial charge in [-0.05, 0) is 75.8 Å². The molecule has 1 aromatic carbocycles. The fraction of sp³-hybridized carbons (Fsp3) is 0.441. The van der Waals surface area contributed by atoms with Crippen molar-refractivity contribution in [1.29, 1.82) is 0 Å². The standard InChI is InChI=1S/C34H46N6O5/c1-5-26-27(22-40-31(35)30(26)23-12-15-25(41)16-13-23)24-14-17-28(39-21-24)32(43)37-20-10-19-36-29(42)11-8-6-7-9-18-38-33(44)45-34(2,3)4/h12-17,21-22,41H,5-11,18-20H2,1-4H3,(H2,35,40)(H,36,42)(H,37,43)(H,38,44).